The Balaban J connectivity index is 1.48. The summed E-state index contributed by atoms with van der Waals surface area (Å²) in [4.78, 5) is 11.7. The molecular formula is C16H15NO. The van der Waals surface area contributed by atoms with Crippen molar-refractivity contribution < 1.29 is 0 Å². The lowest BCUT2D eigenvalue weighted by atomic mass is 8.77. The molecule has 0 saturated heterocycles. The monoisotopic (exact) mass is 237 g/mol. The number of hydrogen-bond acceptors (Lipinski definition) is 2. The fraction of sp³-hybridized carbons (Fsp3) is 1.00. The maximum Gasteiger partial charge on any atom is 0.113 e. The molecule has 2 nitrogen and oxygen atoms in total. The second-order valence-corrected chi connectivity index (χ2v) is 9.53. The lowest BCUT2D eigenvalue weighted by Crippen LogP contribution is -3.25. The zero-order valence-electron chi connectivity index (χ0n) is 10.2. The van der Waals surface area contributed by atoms with E-state index in [9.17, 15) is 4.91 Å². The molecule has 12 unspecified atom stereocenters. The van der Waals surface area contributed by atoms with E-state index >= 15 is 0 Å². The van der Waals surface area contributed by atoms with Crippen LogP contribution >= 0.6 is 0 Å². The first-order chi connectivity index (χ1) is 8.83. The second kappa shape index (κ2) is 1.31. The molecule has 0 radical (unpaired) electrons. The van der Waals surface area contributed by atoms with E-state index in [1.54, 1.807) is 12.8 Å². The molecule has 90 valence electrons. The maximum atomic E-state index is 11.7. The van der Waals surface area contributed by atoms with Gasteiger partial charge in [-0.3, -0.25) is 0 Å². The van der Waals surface area contributed by atoms with Crippen LogP contribution in [0.1, 0.15) is 25.7 Å². The third-order valence-corrected chi connectivity index (χ3v) is 11.6. The number of nitroso groups, excluding NO2 is 1. The van der Waals surface area contributed by atoms with Gasteiger partial charge in [-0.15, -0.1) is 0 Å². The van der Waals surface area contributed by atoms with Gasteiger partial charge in [0.2, 0.25) is 0 Å². The summed E-state index contributed by atoms with van der Waals surface area (Å²) in [5, 5.41) is 3.84. The molecule has 2 heteroatoms. The van der Waals surface area contributed by atoms with Crippen molar-refractivity contribution in [1.82, 2.24) is 0 Å². The molecule has 0 aromatic rings. The van der Waals surface area contributed by atoms with Crippen LogP contribution < -0.4 is 0 Å². The topological polar surface area (TPSA) is 29.4 Å². The van der Waals surface area contributed by atoms with Crippen LogP contribution in [0.25, 0.3) is 0 Å². The van der Waals surface area contributed by atoms with Crippen molar-refractivity contribution in [2.75, 3.05) is 0 Å². The summed E-state index contributed by atoms with van der Waals surface area (Å²) in [5.41, 5.74) is 2.96. The summed E-state index contributed by atoms with van der Waals surface area (Å²) >= 11 is 0. The van der Waals surface area contributed by atoms with Crippen LogP contribution in [-0.2, 0) is 0 Å². The second-order valence-electron chi connectivity index (χ2n) is 9.53. The minimum atomic E-state index is 0.0140. The highest BCUT2D eigenvalue weighted by molar-refractivity contribution is 5.73. The van der Waals surface area contributed by atoms with Crippen LogP contribution in [0.5, 0.6) is 0 Å². The molecule has 0 amide bonds. The number of fused-ring (bicyclic) bond motifs is 4. The highest BCUT2D eigenvalue weighted by atomic mass is 16.3. The number of nitrogens with zero attached hydrogens (tertiary/aromatic N) is 1. The van der Waals surface area contributed by atoms with Gasteiger partial charge in [0.15, 0.2) is 0 Å². The fourth-order valence-corrected chi connectivity index (χ4v) is 12.9. The van der Waals surface area contributed by atoms with Gasteiger partial charge in [0.05, 0.1) is 0 Å². The fourth-order valence-electron chi connectivity index (χ4n) is 12.9. The van der Waals surface area contributed by atoms with Crippen molar-refractivity contribution in [1.29, 1.82) is 0 Å². The molecule has 0 heterocycles. The molecule has 0 aromatic heterocycles. The molecule has 12 atom stereocenters. The van der Waals surface area contributed by atoms with Gasteiger partial charge >= 0.3 is 0 Å². The van der Waals surface area contributed by atoms with Gasteiger partial charge in [0.25, 0.3) is 0 Å². The quantitative estimate of drug-likeness (QED) is 0.644. The first-order valence-corrected chi connectivity index (χ1v) is 8.18. The standard InChI is InChI=1S/C16H15NO/c18-17-12-4-10-8-2-7-5-1-6-9-3-11(12)15(9)13(5,6)14(7,8)16(10,12)15/h5-11H,1-4H2. The molecular weight excluding hydrogens is 222 g/mol. The van der Waals surface area contributed by atoms with Crippen LogP contribution in [0.4, 0.5) is 0 Å². The maximum absolute atomic E-state index is 11.7. The van der Waals surface area contributed by atoms with Gasteiger partial charge in [-0.05, 0) is 83.4 Å². The van der Waals surface area contributed by atoms with Gasteiger partial charge < -0.3 is 0 Å². The van der Waals surface area contributed by atoms with Crippen molar-refractivity contribution in [3.8, 4) is 0 Å². The third-order valence-electron chi connectivity index (χ3n) is 11.6. The van der Waals surface area contributed by atoms with E-state index < -0.39 is 0 Å². The summed E-state index contributed by atoms with van der Waals surface area (Å²) in [5.74, 6) is 7.33. The van der Waals surface area contributed by atoms with Gasteiger partial charge in [0, 0.05) is 5.41 Å². The van der Waals surface area contributed by atoms with Crippen molar-refractivity contribution in [3.63, 3.8) is 0 Å². The van der Waals surface area contributed by atoms with E-state index in [0.29, 0.717) is 5.41 Å². The van der Waals surface area contributed by atoms with E-state index in [2.05, 4.69) is 5.18 Å². The lowest BCUT2D eigenvalue weighted by Gasteiger charge is -3.26. The van der Waals surface area contributed by atoms with Crippen molar-refractivity contribution in [3.05, 3.63) is 4.91 Å². The predicted molar refractivity (Wildman–Crippen MR) is 61.2 cm³/mol. The Labute approximate surface area is 105 Å². The van der Waals surface area contributed by atoms with Crippen LogP contribution in [0, 0.1) is 68.0 Å². The van der Waals surface area contributed by atoms with Crippen LogP contribution in [0.3, 0.4) is 0 Å². The van der Waals surface area contributed by atoms with Gasteiger partial charge in [0.1, 0.15) is 5.54 Å². The Morgan fingerprint density at radius 3 is 2.22 bits per heavy atom. The van der Waals surface area contributed by atoms with Crippen molar-refractivity contribution >= 4 is 0 Å². The SMILES string of the molecule is O=NC12CC3C4CC5C6CC7C8CC1C81C67C54C321. The van der Waals surface area contributed by atoms with Gasteiger partial charge in [-0.1, -0.05) is 5.18 Å². The Hall–Kier alpha value is -0.400. The molecule has 4 spiro atoms. The molecule has 9 aliphatic rings. The average molecular weight is 237 g/mol. The smallest absolute Gasteiger partial charge is 0.113 e. The molecule has 9 fully saturated rings. The van der Waals surface area contributed by atoms with Crippen LogP contribution in [0.2, 0.25) is 0 Å². The predicted octanol–water partition coefficient (Wildman–Crippen LogP) is 2.43. The molecule has 0 N–H and O–H groups in total. The molecule has 9 rings (SSSR count). The minimum Gasteiger partial charge on any atom is -0.150 e. The summed E-state index contributed by atoms with van der Waals surface area (Å²) < 4.78 is 0. The van der Waals surface area contributed by atoms with E-state index in [-0.39, 0.29) is 5.54 Å². The highest BCUT2D eigenvalue weighted by Gasteiger charge is 3.26. The molecule has 18 heavy (non-hydrogen) atoms. The normalized spacial score (nSPS) is 101. The van der Waals surface area contributed by atoms with E-state index in [1.807, 2.05) is 0 Å². The van der Waals surface area contributed by atoms with E-state index in [0.717, 1.165) is 57.7 Å². The van der Waals surface area contributed by atoms with Crippen molar-refractivity contribution in [2.24, 2.45) is 68.3 Å². The highest BCUT2D eigenvalue weighted by Crippen LogP contribution is 3.27. The Kier molecular flexibility index (Phi) is 0.537. The van der Waals surface area contributed by atoms with Gasteiger partial charge in [-0.2, -0.15) is 4.91 Å². The Morgan fingerprint density at radius 1 is 0.778 bits per heavy atom. The Morgan fingerprint density at radius 2 is 1.44 bits per heavy atom. The number of rotatable bonds is 1. The van der Waals surface area contributed by atoms with E-state index in [1.165, 1.54) is 12.8 Å². The summed E-state index contributed by atoms with van der Waals surface area (Å²) in [6.07, 6.45) is 5.79. The zero-order chi connectivity index (χ0) is 11.1. The summed E-state index contributed by atoms with van der Waals surface area (Å²) in [6.45, 7) is 0. The summed E-state index contributed by atoms with van der Waals surface area (Å²) in [6, 6.07) is 0. The molecule has 0 bridgehead atoms. The van der Waals surface area contributed by atoms with Gasteiger partial charge in [-0.25, -0.2) is 0 Å². The zero-order valence-corrected chi connectivity index (χ0v) is 10.2. The average Bonchev–Trinajstić information content (AvgIpc) is 2.23. The number of hydrogen-bond donors (Lipinski definition) is 0. The lowest BCUT2D eigenvalue weighted by molar-refractivity contribution is -0.797. The van der Waals surface area contributed by atoms with Crippen LogP contribution in [0.15, 0.2) is 5.18 Å². The summed E-state index contributed by atoms with van der Waals surface area (Å²) in [7, 11) is 0. The first-order valence-electron chi connectivity index (χ1n) is 8.18. The third kappa shape index (κ3) is 0.214. The first kappa shape index (κ1) is 7.40. The Bertz CT molecular complexity index is 655. The molecule has 0 aliphatic heterocycles. The minimum absolute atomic E-state index is 0.0140. The molecule has 9 aliphatic carbocycles. The largest absolute Gasteiger partial charge is 0.150 e. The molecule has 0 aromatic carbocycles. The van der Waals surface area contributed by atoms with Crippen molar-refractivity contribution in [2.45, 2.75) is 31.2 Å². The van der Waals surface area contributed by atoms with Crippen LogP contribution in [-0.4, -0.2) is 5.54 Å². The van der Waals surface area contributed by atoms with E-state index in [4.69, 9.17) is 0 Å². The molecule has 9 saturated carbocycles.